The van der Waals surface area contributed by atoms with Crippen LogP contribution in [0.2, 0.25) is 0 Å². The zero-order chi connectivity index (χ0) is 14.6. The van der Waals surface area contributed by atoms with Crippen molar-refractivity contribution < 1.29 is 9.53 Å². The molecule has 0 radical (unpaired) electrons. The summed E-state index contributed by atoms with van der Waals surface area (Å²) in [6.07, 6.45) is 8.57. The summed E-state index contributed by atoms with van der Waals surface area (Å²) in [5.74, 6) is -0.0742. The number of carbonyl (C=O) groups is 1. The first kappa shape index (κ1) is 16.7. The second-order valence-corrected chi connectivity index (χ2v) is 5.49. The third-order valence-corrected chi connectivity index (χ3v) is 3.51. The molecule has 2 nitrogen and oxygen atoms in total. The Bertz CT molecular complexity index is 359. The number of carbonyl (C=O) groups excluding carboxylic acids is 1. The summed E-state index contributed by atoms with van der Waals surface area (Å²) in [7, 11) is 0. The van der Waals surface area contributed by atoms with Gasteiger partial charge in [-0.1, -0.05) is 62.9 Å². The fourth-order valence-corrected chi connectivity index (χ4v) is 2.27. The van der Waals surface area contributed by atoms with E-state index in [1.54, 1.807) is 0 Å². The number of rotatable bonds is 10. The normalized spacial score (nSPS) is 12.1. The van der Waals surface area contributed by atoms with Crippen molar-refractivity contribution in [3.8, 4) is 0 Å². The van der Waals surface area contributed by atoms with Gasteiger partial charge in [0, 0.05) is 6.42 Å². The van der Waals surface area contributed by atoms with Crippen LogP contribution in [0.25, 0.3) is 0 Å². The van der Waals surface area contributed by atoms with E-state index in [2.05, 4.69) is 6.92 Å². The third kappa shape index (κ3) is 7.98. The number of unbranched alkanes of at least 4 members (excludes halogenated alkanes) is 4. The SMILES string of the molecule is CCCCCCCC(C)OC(=O)CCc1ccccc1. The molecule has 0 N–H and O–H groups in total. The lowest BCUT2D eigenvalue weighted by molar-refractivity contribution is -0.148. The highest BCUT2D eigenvalue weighted by Crippen LogP contribution is 2.10. The van der Waals surface area contributed by atoms with Gasteiger partial charge in [-0.05, 0) is 31.7 Å². The van der Waals surface area contributed by atoms with Crippen LogP contribution < -0.4 is 0 Å². The van der Waals surface area contributed by atoms with Crippen molar-refractivity contribution in [3.05, 3.63) is 35.9 Å². The Hall–Kier alpha value is -1.31. The van der Waals surface area contributed by atoms with E-state index in [0.717, 1.165) is 19.3 Å². The van der Waals surface area contributed by atoms with E-state index in [1.165, 1.54) is 31.2 Å². The Labute approximate surface area is 123 Å². The first-order chi connectivity index (χ1) is 9.72. The molecule has 0 fully saturated rings. The van der Waals surface area contributed by atoms with E-state index >= 15 is 0 Å². The minimum atomic E-state index is -0.0742. The molecule has 1 atom stereocenters. The molecule has 112 valence electrons. The first-order valence-corrected chi connectivity index (χ1v) is 7.95. The molecular formula is C18H28O2. The standard InChI is InChI=1S/C18H28O2/c1-3-4-5-6-8-11-16(2)20-18(19)15-14-17-12-9-7-10-13-17/h7,9-10,12-13,16H,3-6,8,11,14-15H2,1-2H3. The lowest BCUT2D eigenvalue weighted by atomic mass is 10.1. The summed E-state index contributed by atoms with van der Waals surface area (Å²) < 4.78 is 5.44. The van der Waals surface area contributed by atoms with Crippen LogP contribution in [0, 0.1) is 0 Å². The van der Waals surface area contributed by atoms with Crippen molar-refractivity contribution in [2.24, 2.45) is 0 Å². The molecule has 0 saturated heterocycles. The molecule has 0 amide bonds. The summed E-state index contributed by atoms with van der Waals surface area (Å²) in [5, 5.41) is 0. The fourth-order valence-electron chi connectivity index (χ4n) is 2.27. The van der Waals surface area contributed by atoms with E-state index < -0.39 is 0 Å². The Morgan fingerprint density at radius 1 is 1.10 bits per heavy atom. The summed E-state index contributed by atoms with van der Waals surface area (Å²) in [4.78, 5) is 11.7. The van der Waals surface area contributed by atoms with Crippen molar-refractivity contribution in [2.45, 2.75) is 71.3 Å². The van der Waals surface area contributed by atoms with Gasteiger partial charge in [0.25, 0.3) is 0 Å². The molecule has 0 spiro atoms. The van der Waals surface area contributed by atoms with Gasteiger partial charge in [0.2, 0.25) is 0 Å². The largest absolute Gasteiger partial charge is 0.463 e. The molecule has 1 rings (SSSR count). The van der Waals surface area contributed by atoms with Crippen LogP contribution in [-0.2, 0) is 16.0 Å². The molecule has 1 aromatic rings. The number of esters is 1. The van der Waals surface area contributed by atoms with Gasteiger partial charge in [0.1, 0.15) is 0 Å². The maximum Gasteiger partial charge on any atom is 0.306 e. The average molecular weight is 276 g/mol. The first-order valence-electron chi connectivity index (χ1n) is 7.95. The zero-order valence-corrected chi connectivity index (χ0v) is 12.9. The van der Waals surface area contributed by atoms with Gasteiger partial charge in [-0.2, -0.15) is 0 Å². The smallest absolute Gasteiger partial charge is 0.306 e. The van der Waals surface area contributed by atoms with Crippen LogP contribution in [0.1, 0.15) is 64.4 Å². The second-order valence-electron chi connectivity index (χ2n) is 5.49. The van der Waals surface area contributed by atoms with Crippen LogP contribution >= 0.6 is 0 Å². The summed E-state index contributed by atoms with van der Waals surface area (Å²) >= 11 is 0. The van der Waals surface area contributed by atoms with Crippen LogP contribution in [0.4, 0.5) is 0 Å². The van der Waals surface area contributed by atoms with Crippen LogP contribution in [0.3, 0.4) is 0 Å². The molecule has 0 aliphatic heterocycles. The van der Waals surface area contributed by atoms with Crippen molar-refractivity contribution in [2.75, 3.05) is 0 Å². The van der Waals surface area contributed by atoms with Gasteiger partial charge in [-0.15, -0.1) is 0 Å². The Morgan fingerprint density at radius 2 is 1.80 bits per heavy atom. The van der Waals surface area contributed by atoms with Gasteiger partial charge in [-0.25, -0.2) is 0 Å². The minimum Gasteiger partial charge on any atom is -0.463 e. The molecule has 2 heteroatoms. The van der Waals surface area contributed by atoms with E-state index in [-0.39, 0.29) is 12.1 Å². The maximum atomic E-state index is 11.7. The molecule has 0 saturated carbocycles. The summed E-state index contributed by atoms with van der Waals surface area (Å²) in [5.41, 5.74) is 1.19. The molecule has 1 unspecified atom stereocenters. The van der Waals surface area contributed by atoms with E-state index in [1.807, 2.05) is 37.3 Å². The predicted molar refractivity (Wildman–Crippen MR) is 83.7 cm³/mol. The minimum absolute atomic E-state index is 0.0555. The van der Waals surface area contributed by atoms with E-state index in [9.17, 15) is 4.79 Å². The second kappa shape index (κ2) is 10.5. The summed E-state index contributed by atoms with van der Waals surface area (Å²) in [6, 6.07) is 10.1. The predicted octanol–water partition coefficient (Wildman–Crippen LogP) is 4.91. The Morgan fingerprint density at radius 3 is 2.50 bits per heavy atom. The fraction of sp³-hybridized carbons (Fsp3) is 0.611. The topological polar surface area (TPSA) is 26.3 Å². The van der Waals surface area contributed by atoms with E-state index in [0.29, 0.717) is 6.42 Å². The maximum absolute atomic E-state index is 11.7. The number of hydrogen-bond donors (Lipinski definition) is 0. The molecule has 0 bridgehead atoms. The van der Waals surface area contributed by atoms with Gasteiger partial charge in [-0.3, -0.25) is 4.79 Å². The quantitative estimate of drug-likeness (QED) is 0.448. The van der Waals surface area contributed by atoms with Crippen molar-refractivity contribution in [1.29, 1.82) is 0 Å². The average Bonchev–Trinajstić information content (AvgIpc) is 2.46. The highest BCUT2D eigenvalue weighted by Gasteiger charge is 2.09. The molecule has 1 aromatic carbocycles. The molecule has 0 aliphatic rings. The number of hydrogen-bond acceptors (Lipinski definition) is 2. The van der Waals surface area contributed by atoms with Gasteiger partial charge >= 0.3 is 5.97 Å². The van der Waals surface area contributed by atoms with Crippen molar-refractivity contribution >= 4 is 5.97 Å². The molecule has 20 heavy (non-hydrogen) atoms. The van der Waals surface area contributed by atoms with Crippen molar-refractivity contribution in [1.82, 2.24) is 0 Å². The highest BCUT2D eigenvalue weighted by molar-refractivity contribution is 5.69. The lowest BCUT2D eigenvalue weighted by Gasteiger charge is -2.13. The molecular weight excluding hydrogens is 248 g/mol. The van der Waals surface area contributed by atoms with Crippen LogP contribution in [0.5, 0.6) is 0 Å². The van der Waals surface area contributed by atoms with Gasteiger partial charge in [0.15, 0.2) is 0 Å². The number of ether oxygens (including phenoxy) is 1. The number of aryl methyl sites for hydroxylation is 1. The van der Waals surface area contributed by atoms with Crippen LogP contribution in [0.15, 0.2) is 30.3 Å². The molecule has 0 aromatic heterocycles. The molecule has 0 heterocycles. The summed E-state index contributed by atoms with van der Waals surface area (Å²) in [6.45, 7) is 4.22. The van der Waals surface area contributed by atoms with Gasteiger partial charge in [0.05, 0.1) is 6.10 Å². The Balaban J connectivity index is 2.09. The Kier molecular flexibility index (Phi) is 8.77. The van der Waals surface area contributed by atoms with Crippen molar-refractivity contribution in [3.63, 3.8) is 0 Å². The molecule has 0 aliphatic carbocycles. The monoisotopic (exact) mass is 276 g/mol. The third-order valence-electron chi connectivity index (χ3n) is 3.51. The zero-order valence-electron chi connectivity index (χ0n) is 12.9. The lowest BCUT2D eigenvalue weighted by Crippen LogP contribution is -2.15. The van der Waals surface area contributed by atoms with Crippen LogP contribution in [-0.4, -0.2) is 12.1 Å². The van der Waals surface area contributed by atoms with E-state index in [4.69, 9.17) is 4.74 Å². The number of benzene rings is 1. The highest BCUT2D eigenvalue weighted by atomic mass is 16.5. The van der Waals surface area contributed by atoms with Gasteiger partial charge < -0.3 is 4.74 Å².